The number of aromatic nitrogens is 2. The Morgan fingerprint density at radius 1 is 1.31 bits per heavy atom. The van der Waals surface area contributed by atoms with Gasteiger partial charge in [0.05, 0.1) is 42.1 Å². The Kier molecular flexibility index (Phi) is 2.04. The van der Waals surface area contributed by atoms with Crippen LogP contribution in [0.25, 0.3) is 0 Å². The molecule has 5 heteroatoms. The average molecular weight is 216 g/mol. The summed E-state index contributed by atoms with van der Waals surface area (Å²) in [5.74, 6) is 0. The van der Waals surface area contributed by atoms with E-state index in [1.807, 2.05) is 22.9 Å². The molecule has 2 aromatic heterocycles. The summed E-state index contributed by atoms with van der Waals surface area (Å²) in [7, 11) is 0. The Morgan fingerprint density at radius 2 is 2.25 bits per heavy atom. The molecule has 1 aliphatic rings. The molecule has 0 fully saturated rings. The van der Waals surface area contributed by atoms with E-state index in [9.17, 15) is 5.11 Å². The number of fused-ring (bicyclic) bond motifs is 2. The van der Waals surface area contributed by atoms with Gasteiger partial charge < -0.3 is 10.4 Å². The van der Waals surface area contributed by atoms with Gasteiger partial charge in [0, 0.05) is 6.20 Å². The van der Waals surface area contributed by atoms with E-state index in [0.29, 0.717) is 6.54 Å². The van der Waals surface area contributed by atoms with Gasteiger partial charge in [-0.25, -0.2) is 0 Å². The van der Waals surface area contributed by atoms with Crippen molar-refractivity contribution in [2.75, 3.05) is 10.7 Å². The molecule has 0 aliphatic carbocycles. The van der Waals surface area contributed by atoms with Gasteiger partial charge in [0.25, 0.3) is 0 Å². The van der Waals surface area contributed by atoms with Crippen LogP contribution >= 0.6 is 0 Å². The van der Waals surface area contributed by atoms with E-state index < -0.39 is 0 Å². The van der Waals surface area contributed by atoms with Crippen LogP contribution in [0.1, 0.15) is 11.4 Å². The molecule has 3 N–H and O–H groups in total. The molecular formula is C11H12N4O. The normalized spacial score (nSPS) is 13.1. The SMILES string of the molecule is OCc1ccc2n1Nc1ccncc1NC2. The number of hydrogen-bond acceptors (Lipinski definition) is 4. The summed E-state index contributed by atoms with van der Waals surface area (Å²) in [4.78, 5) is 4.07. The molecule has 0 saturated heterocycles. The second kappa shape index (κ2) is 3.53. The highest BCUT2D eigenvalue weighted by atomic mass is 16.3. The van der Waals surface area contributed by atoms with E-state index in [4.69, 9.17) is 0 Å². The molecule has 0 amide bonds. The highest BCUT2D eigenvalue weighted by Crippen LogP contribution is 2.25. The van der Waals surface area contributed by atoms with Crippen molar-refractivity contribution in [3.8, 4) is 0 Å². The summed E-state index contributed by atoms with van der Waals surface area (Å²) < 4.78 is 1.90. The number of rotatable bonds is 1. The molecule has 0 atom stereocenters. The molecule has 0 unspecified atom stereocenters. The average Bonchev–Trinajstić information content (AvgIpc) is 2.61. The minimum absolute atomic E-state index is 0.0212. The molecule has 0 bridgehead atoms. The van der Waals surface area contributed by atoms with Gasteiger partial charge >= 0.3 is 0 Å². The van der Waals surface area contributed by atoms with Gasteiger partial charge in [-0.1, -0.05) is 0 Å². The van der Waals surface area contributed by atoms with Crippen molar-refractivity contribution >= 4 is 11.4 Å². The van der Waals surface area contributed by atoms with Crippen molar-refractivity contribution in [1.82, 2.24) is 9.66 Å². The molecule has 5 nitrogen and oxygen atoms in total. The lowest BCUT2D eigenvalue weighted by molar-refractivity contribution is 0.273. The Bertz CT molecular complexity index is 520. The molecule has 0 radical (unpaired) electrons. The second-order valence-corrected chi connectivity index (χ2v) is 3.70. The Balaban J connectivity index is 2.08. The Hall–Kier alpha value is -2.01. The van der Waals surface area contributed by atoms with E-state index >= 15 is 0 Å². The zero-order valence-corrected chi connectivity index (χ0v) is 8.64. The third-order valence-corrected chi connectivity index (χ3v) is 2.72. The van der Waals surface area contributed by atoms with Gasteiger partial charge in [-0.2, -0.15) is 0 Å². The third kappa shape index (κ3) is 1.33. The predicted octanol–water partition coefficient (Wildman–Crippen LogP) is 1.18. The monoisotopic (exact) mass is 216 g/mol. The van der Waals surface area contributed by atoms with Gasteiger partial charge in [0.15, 0.2) is 0 Å². The second-order valence-electron chi connectivity index (χ2n) is 3.70. The summed E-state index contributed by atoms with van der Waals surface area (Å²) in [6, 6.07) is 5.81. The number of nitrogens with zero attached hydrogens (tertiary/aromatic N) is 2. The predicted molar refractivity (Wildman–Crippen MR) is 60.9 cm³/mol. The van der Waals surface area contributed by atoms with Crippen LogP contribution in [0.5, 0.6) is 0 Å². The minimum atomic E-state index is 0.0212. The molecule has 82 valence electrons. The molecule has 2 aromatic rings. The molecule has 0 aromatic carbocycles. The van der Waals surface area contributed by atoms with Crippen LogP contribution in [0.4, 0.5) is 11.4 Å². The smallest absolute Gasteiger partial charge is 0.0852 e. The van der Waals surface area contributed by atoms with Gasteiger partial charge in [-0.3, -0.25) is 15.1 Å². The van der Waals surface area contributed by atoms with Crippen molar-refractivity contribution in [2.45, 2.75) is 13.2 Å². The molecular weight excluding hydrogens is 204 g/mol. The number of anilines is 2. The van der Waals surface area contributed by atoms with E-state index in [1.165, 1.54) is 0 Å². The van der Waals surface area contributed by atoms with Crippen molar-refractivity contribution in [3.63, 3.8) is 0 Å². The summed E-state index contributed by atoms with van der Waals surface area (Å²) in [5, 5.41) is 12.5. The van der Waals surface area contributed by atoms with Gasteiger partial charge in [-0.15, -0.1) is 0 Å². The van der Waals surface area contributed by atoms with Crippen molar-refractivity contribution in [1.29, 1.82) is 0 Å². The van der Waals surface area contributed by atoms with E-state index in [2.05, 4.69) is 15.7 Å². The zero-order chi connectivity index (χ0) is 11.0. The van der Waals surface area contributed by atoms with Crippen LogP contribution in [0.3, 0.4) is 0 Å². The molecule has 16 heavy (non-hydrogen) atoms. The maximum Gasteiger partial charge on any atom is 0.0852 e. The molecule has 1 aliphatic heterocycles. The van der Waals surface area contributed by atoms with Crippen molar-refractivity contribution < 1.29 is 5.11 Å². The summed E-state index contributed by atoms with van der Waals surface area (Å²) in [6.45, 7) is 0.735. The topological polar surface area (TPSA) is 62.1 Å². The van der Waals surface area contributed by atoms with Gasteiger partial charge in [0.1, 0.15) is 0 Å². The van der Waals surface area contributed by atoms with Crippen LogP contribution in [0.2, 0.25) is 0 Å². The fourth-order valence-electron chi connectivity index (χ4n) is 1.87. The number of hydrogen-bond donors (Lipinski definition) is 3. The number of aliphatic hydroxyl groups is 1. The lowest BCUT2D eigenvalue weighted by atomic mass is 10.3. The van der Waals surface area contributed by atoms with E-state index in [-0.39, 0.29) is 6.61 Å². The highest BCUT2D eigenvalue weighted by molar-refractivity contribution is 5.68. The van der Waals surface area contributed by atoms with E-state index in [1.54, 1.807) is 12.4 Å². The quantitative estimate of drug-likeness (QED) is 0.669. The largest absolute Gasteiger partial charge is 0.390 e. The van der Waals surface area contributed by atoms with Crippen molar-refractivity contribution in [2.24, 2.45) is 0 Å². The molecule has 0 saturated carbocycles. The first kappa shape index (κ1) is 9.23. The zero-order valence-electron chi connectivity index (χ0n) is 8.64. The Morgan fingerprint density at radius 3 is 3.12 bits per heavy atom. The first-order chi connectivity index (χ1) is 7.88. The van der Waals surface area contributed by atoms with E-state index in [0.717, 1.165) is 22.8 Å². The van der Waals surface area contributed by atoms with Crippen LogP contribution in [-0.4, -0.2) is 14.8 Å². The van der Waals surface area contributed by atoms with Gasteiger partial charge in [0.2, 0.25) is 0 Å². The standard InChI is InChI=1S/C11H12N4O/c16-7-9-2-1-8-5-13-11-6-12-4-3-10(11)14-15(8)9/h1-4,6,13-14,16H,5,7H2. The summed E-state index contributed by atoms with van der Waals surface area (Å²) in [6.07, 6.45) is 3.52. The molecule has 3 rings (SSSR count). The Labute approximate surface area is 92.7 Å². The van der Waals surface area contributed by atoms with Crippen LogP contribution in [-0.2, 0) is 13.2 Å². The number of pyridine rings is 1. The minimum Gasteiger partial charge on any atom is -0.390 e. The summed E-state index contributed by atoms with van der Waals surface area (Å²) >= 11 is 0. The van der Waals surface area contributed by atoms with Crippen LogP contribution in [0.15, 0.2) is 30.6 Å². The fraction of sp³-hybridized carbons (Fsp3) is 0.182. The maximum atomic E-state index is 9.23. The number of aliphatic hydroxyl groups excluding tert-OH is 1. The summed E-state index contributed by atoms with van der Waals surface area (Å²) in [5.41, 5.74) is 7.11. The lowest BCUT2D eigenvalue weighted by Crippen LogP contribution is -2.14. The van der Waals surface area contributed by atoms with Crippen molar-refractivity contribution in [3.05, 3.63) is 42.0 Å². The molecule has 0 spiro atoms. The van der Waals surface area contributed by atoms with Gasteiger partial charge in [-0.05, 0) is 18.2 Å². The van der Waals surface area contributed by atoms with Crippen LogP contribution < -0.4 is 10.7 Å². The third-order valence-electron chi connectivity index (χ3n) is 2.72. The number of nitrogens with one attached hydrogen (secondary N) is 2. The highest BCUT2D eigenvalue weighted by Gasteiger charge is 2.13. The van der Waals surface area contributed by atoms with Crippen LogP contribution in [0, 0.1) is 0 Å². The fourth-order valence-corrected chi connectivity index (χ4v) is 1.87. The first-order valence-corrected chi connectivity index (χ1v) is 5.14. The first-order valence-electron chi connectivity index (χ1n) is 5.14. The molecule has 3 heterocycles. The lowest BCUT2D eigenvalue weighted by Gasteiger charge is -2.12. The maximum absolute atomic E-state index is 9.23.